The average Bonchev–Trinajstić information content (AvgIpc) is 3.07. The third kappa shape index (κ3) is 2.91. The minimum absolute atomic E-state index is 0.0480. The molecule has 25 heavy (non-hydrogen) atoms. The molecule has 0 fully saturated rings. The van der Waals surface area contributed by atoms with E-state index in [0.717, 1.165) is 10.7 Å². The van der Waals surface area contributed by atoms with Crippen molar-refractivity contribution in [2.75, 3.05) is 5.75 Å². The molecule has 0 N–H and O–H groups in total. The van der Waals surface area contributed by atoms with E-state index in [2.05, 4.69) is 15.1 Å². The standard InChI is InChI=1S/C17H12N4O3S/c1-10-6-15(21-17(20-10)18-9-19-21)25-8-13(22)12-7-11-4-2-3-5-14(11)24-16(12)23/h2-7,9H,8H2,1H3. The van der Waals surface area contributed by atoms with Gasteiger partial charge in [-0.05, 0) is 25.1 Å². The number of rotatable bonds is 4. The molecule has 0 aliphatic rings. The van der Waals surface area contributed by atoms with Gasteiger partial charge in [0.25, 0.3) is 5.78 Å². The molecule has 0 atom stereocenters. The predicted molar refractivity (Wildman–Crippen MR) is 93.1 cm³/mol. The van der Waals surface area contributed by atoms with Gasteiger partial charge in [-0.15, -0.1) is 0 Å². The predicted octanol–water partition coefficient (Wildman–Crippen LogP) is 2.51. The highest BCUT2D eigenvalue weighted by Crippen LogP contribution is 2.20. The number of fused-ring (bicyclic) bond motifs is 2. The Bertz CT molecular complexity index is 1170. The summed E-state index contributed by atoms with van der Waals surface area (Å²) in [6.07, 6.45) is 1.41. The van der Waals surface area contributed by atoms with Gasteiger partial charge in [0, 0.05) is 11.1 Å². The van der Waals surface area contributed by atoms with Crippen LogP contribution < -0.4 is 5.63 Å². The van der Waals surface area contributed by atoms with Crippen LogP contribution in [0.4, 0.5) is 0 Å². The molecule has 8 heteroatoms. The molecular formula is C17H12N4O3S. The number of aromatic nitrogens is 4. The SMILES string of the molecule is Cc1cc(SCC(=O)c2cc3ccccc3oc2=O)n2ncnc2n1. The van der Waals surface area contributed by atoms with E-state index in [4.69, 9.17) is 4.42 Å². The van der Waals surface area contributed by atoms with E-state index in [1.165, 1.54) is 18.1 Å². The molecule has 1 aromatic carbocycles. The Hall–Kier alpha value is -3.00. The van der Waals surface area contributed by atoms with Crippen LogP contribution in [0.5, 0.6) is 0 Å². The summed E-state index contributed by atoms with van der Waals surface area (Å²) in [5.41, 5.74) is 0.666. The topological polar surface area (TPSA) is 90.4 Å². The molecule has 0 saturated carbocycles. The summed E-state index contributed by atoms with van der Waals surface area (Å²) in [4.78, 5) is 32.9. The first-order valence-corrected chi connectivity index (χ1v) is 8.46. The maximum Gasteiger partial charge on any atom is 0.347 e. The van der Waals surface area contributed by atoms with Crippen LogP contribution in [0.2, 0.25) is 0 Å². The Morgan fingerprint density at radius 3 is 3.00 bits per heavy atom. The quantitative estimate of drug-likeness (QED) is 0.241. The number of ketones is 1. The lowest BCUT2D eigenvalue weighted by molar-refractivity contribution is 0.101. The van der Waals surface area contributed by atoms with Gasteiger partial charge in [-0.2, -0.15) is 14.6 Å². The molecule has 7 nitrogen and oxygen atoms in total. The molecule has 0 unspecified atom stereocenters. The fourth-order valence-corrected chi connectivity index (χ4v) is 3.41. The molecule has 3 aromatic heterocycles. The minimum atomic E-state index is -0.624. The van der Waals surface area contributed by atoms with Crippen molar-refractivity contribution < 1.29 is 9.21 Å². The zero-order valence-electron chi connectivity index (χ0n) is 13.2. The van der Waals surface area contributed by atoms with Gasteiger partial charge in [0.15, 0.2) is 5.78 Å². The van der Waals surface area contributed by atoms with Crippen LogP contribution in [-0.2, 0) is 0 Å². The first-order chi connectivity index (χ1) is 12.1. The number of aryl methyl sites for hydroxylation is 1. The maximum atomic E-state index is 12.5. The molecule has 0 aliphatic heterocycles. The average molecular weight is 352 g/mol. The van der Waals surface area contributed by atoms with E-state index in [9.17, 15) is 9.59 Å². The number of thioether (sulfide) groups is 1. The lowest BCUT2D eigenvalue weighted by Gasteiger charge is -2.05. The number of hydrogen-bond acceptors (Lipinski definition) is 7. The van der Waals surface area contributed by atoms with Gasteiger partial charge in [0.05, 0.1) is 5.75 Å². The van der Waals surface area contributed by atoms with Gasteiger partial charge in [0.1, 0.15) is 22.5 Å². The zero-order valence-corrected chi connectivity index (χ0v) is 14.0. The molecule has 4 aromatic rings. The molecule has 0 radical (unpaired) electrons. The number of carbonyl (C=O) groups is 1. The first-order valence-electron chi connectivity index (χ1n) is 7.48. The van der Waals surface area contributed by atoms with E-state index in [0.29, 0.717) is 16.7 Å². The van der Waals surface area contributed by atoms with Crippen LogP contribution in [0.25, 0.3) is 16.7 Å². The summed E-state index contributed by atoms with van der Waals surface area (Å²) in [5.74, 6) is 0.258. The van der Waals surface area contributed by atoms with E-state index >= 15 is 0 Å². The summed E-state index contributed by atoms with van der Waals surface area (Å²) in [6, 6.07) is 10.5. The van der Waals surface area contributed by atoms with Gasteiger partial charge >= 0.3 is 5.63 Å². The molecule has 0 saturated heterocycles. The van der Waals surface area contributed by atoms with Crippen molar-refractivity contribution in [2.24, 2.45) is 0 Å². The highest BCUT2D eigenvalue weighted by atomic mass is 32.2. The Morgan fingerprint density at radius 1 is 1.28 bits per heavy atom. The van der Waals surface area contributed by atoms with E-state index in [1.807, 2.05) is 19.1 Å². The van der Waals surface area contributed by atoms with Gasteiger partial charge < -0.3 is 4.42 Å². The van der Waals surface area contributed by atoms with Crippen LogP contribution in [0.15, 0.2) is 57.0 Å². The fourth-order valence-electron chi connectivity index (χ4n) is 2.47. The van der Waals surface area contributed by atoms with Crippen molar-refractivity contribution in [3.05, 3.63) is 64.4 Å². The fraction of sp³-hybridized carbons (Fsp3) is 0.118. The molecule has 0 aliphatic carbocycles. The van der Waals surface area contributed by atoms with Gasteiger partial charge in [0.2, 0.25) is 0 Å². The second kappa shape index (κ2) is 6.14. The monoisotopic (exact) mass is 352 g/mol. The molecular weight excluding hydrogens is 340 g/mol. The van der Waals surface area contributed by atoms with E-state index in [1.54, 1.807) is 28.8 Å². The third-order valence-corrected chi connectivity index (χ3v) is 4.63. The molecule has 124 valence electrons. The van der Waals surface area contributed by atoms with Crippen LogP contribution in [0.1, 0.15) is 16.1 Å². The Kier molecular flexibility index (Phi) is 3.81. The summed E-state index contributed by atoms with van der Waals surface area (Å²) in [5, 5.41) is 5.55. The second-order valence-corrected chi connectivity index (χ2v) is 6.40. The lowest BCUT2D eigenvalue weighted by atomic mass is 10.1. The molecule has 0 amide bonds. The largest absolute Gasteiger partial charge is 0.422 e. The number of Topliss-reactive ketones (excluding diaryl/α,β-unsaturated/α-hetero) is 1. The van der Waals surface area contributed by atoms with Crippen molar-refractivity contribution in [3.63, 3.8) is 0 Å². The number of para-hydroxylation sites is 1. The molecule has 0 bridgehead atoms. The Labute approximate surface area is 145 Å². The van der Waals surface area contributed by atoms with Crippen LogP contribution >= 0.6 is 11.8 Å². The minimum Gasteiger partial charge on any atom is -0.422 e. The van der Waals surface area contributed by atoms with Crippen molar-refractivity contribution in [3.8, 4) is 0 Å². The smallest absolute Gasteiger partial charge is 0.347 e. The molecule has 3 heterocycles. The summed E-state index contributed by atoms with van der Waals surface area (Å²) in [7, 11) is 0. The first kappa shape index (κ1) is 15.5. The van der Waals surface area contributed by atoms with Crippen molar-refractivity contribution in [2.45, 2.75) is 11.9 Å². The molecule has 4 rings (SSSR count). The van der Waals surface area contributed by atoms with Crippen LogP contribution in [-0.4, -0.2) is 31.1 Å². The zero-order chi connectivity index (χ0) is 17.4. The van der Waals surface area contributed by atoms with Crippen molar-refractivity contribution in [1.29, 1.82) is 0 Å². The normalized spacial score (nSPS) is 11.2. The summed E-state index contributed by atoms with van der Waals surface area (Å²) >= 11 is 1.28. The van der Waals surface area contributed by atoms with Crippen LogP contribution in [0.3, 0.4) is 0 Å². The number of carbonyl (C=O) groups excluding carboxylic acids is 1. The van der Waals surface area contributed by atoms with Crippen LogP contribution in [0, 0.1) is 6.92 Å². The van der Waals surface area contributed by atoms with Gasteiger partial charge in [-0.3, -0.25) is 4.79 Å². The van der Waals surface area contributed by atoms with Crippen molar-refractivity contribution in [1.82, 2.24) is 19.6 Å². The van der Waals surface area contributed by atoms with Gasteiger partial charge in [-0.25, -0.2) is 9.78 Å². The van der Waals surface area contributed by atoms with E-state index in [-0.39, 0.29) is 17.1 Å². The summed E-state index contributed by atoms with van der Waals surface area (Å²) in [6.45, 7) is 1.85. The highest BCUT2D eigenvalue weighted by Gasteiger charge is 2.15. The van der Waals surface area contributed by atoms with E-state index < -0.39 is 5.63 Å². The number of hydrogen-bond donors (Lipinski definition) is 0. The maximum absolute atomic E-state index is 12.5. The Morgan fingerprint density at radius 2 is 2.12 bits per heavy atom. The Balaban J connectivity index is 1.63. The lowest BCUT2D eigenvalue weighted by Crippen LogP contribution is -2.15. The second-order valence-electron chi connectivity index (χ2n) is 5.40. The highest BCUT2D eigenvalue weighted by molar-refractivity contribution is 7.99. The molecule has 0 spiro atoms. The third-order valence-electron chi connectivity index (χ3n) is 3.64. The number of benzene rings is 1. The van der Waals surface area contributed by atoms with Crippen molar-refractivity contribution >= 4 is 34.3 Å². The summed E-state index contributed by atoms with van der Waals surface area (Å²) < 4.78 is 6.78. The number of nitrogens with zero attached hydrogens (tertiary/aromatic N) is 4. The van der Waals surface area contributed by atoms with Gasteiger partial charge in [-0.1, -0.05) is 30.0 Å².